The number of halogens is 1. The van der Waals surface area contributed by atoms with Gasteiger partial charge in [0, 0.05) is 11.4 Å². The van der Waals surface area contributed by atoms with Crippen LogP contribution in [-0.2, 0) is 9.53 Å². The van der Waals surface area contributed by atoms with E-state index in [0.29, 0.717) is 10.8 Å². The van der Waals surface area contributed by atoms with Gasteiger partial charge in [0.15, 0.2) is 5.11 Å². The molecule has 0 saturated heterocycles. The summed E-state index contributed by atoms with van der Waals surface area (Å²) in [7, 11) is 0. The first-order chi connectivity index (χ1) is 12.2. The van der Waals surface area contributed by atoms with Gasteiger partial charge in [-0.1, -0.05) is 18.2 Å². The number of esters is 1. The number of anilines is 2. The van der Waals surface area contributed by atoms with Gasteiger partial charge in [0.05, 0.1) is 12.5 Å². The van der Waals surface area contributed by atoms with E-state index in [9.17, 15) is 9.18 Å². The highest BCUT2D eigenvalue weighted by Gasteiger charge is 2.34. The smallest absolute Gasteiger partial charge is 0.308 e. The number of hydrogen-bond acceptors (Lipinski definition) is 3. The molecule has 26 heavy (non-hydrogen) atoms. The number of nitrogens with zero attached hydrogens (tertiary/aromatic N) is 1. The van der Waals surface area contributed by atoms with E-state index >= 15 is 0 Å². The van der Waals surface area contributed by atoms with Gasteiger partial charge in [0.25, 0.3) is 0 Å². The van der Waals surface area contributed by atoms with Crippen molar-refractivity contribution >= 4 is 34.7 Å². The molecule has 0 radical (unpaired) electrons. The lowest BCUT2D eigenvalue weighted by atomic mass is 9.97. The number of benzene rings is 2. The summed E-state index contributed by atoms with van der Waals surface area (Å²) in [6.45, 7) is 5.51. The molecule has 0 bridgehead atoms. The molecule has 4 nitrogen and oxygen atoms in total. The van der Waals surface area contributed by atoms with Crippen molar-refractivity contribution in [2.75, 3.05) is 10.2 Å². The lowest BCUT2D eigenvalue weighted by Crippen LogP contribution is -2.43. The molecule has 0 aromatic heterocycles. The summed E-state index contributed by atoms with van der Waals surface area (Å²) in [5.41, 5.74) is 1.96. The van der Waals surface area contributed by atoms with Gasteiger partial charge in [-0.3, -0.25) is 4.79 Å². The standard InChI is InChI=1S/C20H21FN2O2S/c1-20(2,3)25-18(24)12-17-15-6-4-5-7-16(15)22-19(26)23(17)14-10-8-13(21)9-11-14/h4-11,17H,12H2,1-3H3,(H,22,26). The molecule has 1 atom stereocenters. The topological polar surface area (TPSA) is 41.6 Å². The minimum Gasteiger partial charge on any atom is -0.460 e. The minimum atomic E-state index is -0.565. The van der Waals surface area contributed by atoms with Crippen molar-refractivity contribution in [1.82, 2.24) is 0 Å². The molecular formula is C20H21FN2O2S. The second-order valence-electron chi connectivity index (χ2n) is 7.17. The van der Waals surface area contributed by atoms with E-state index < -0.39 is 5.60 Å². The van der Waals surface area contributed by atoms with Gasteiger partial charge in [-0.15, -0.1) is 0 Å². The first-order valence-corrected chi connectivity index (χ1v) is 8.82. The molecule has 1 N–H and O–H groups in total. The van der Waals surface area contributed by atoms with Gasteiger partial charge < -0.3 is 15.0 Å². The van der Waals surface area contributed by atoms with E-state index in [1.165, 1.54) is 12.1 Å². The fourth-order valence-electron chi connectivity index (χ4n) is 3.00. The van der Waals surface area contributed by atoms with Crippen LogP contribution in [0.3, 0.4) is 0 Å². The predicted molar refractivity (Wildman–Crippen MR) is 105 cm³/mol. The molecule has 1 aliphatic rings. The monoisotopic (exact) mass is 372 g/mol. The summed E-state index contributed by atoms with van der Waals surface area (Å²) in [5.74, 6) is -0.636. The van der Waals surface area contributed by atoms with Crippen LogP contribution in [0.5, 0.6) is 0 Å². The molecule has 2 aromatic carbocycles. The zero-order valence-corrected chi connectivity index (χ0v) is 15.8. The highest BCUT2D eigenvalue weighted by molar-refractivity contribution is 7.80. The van der Waals surface area contributed by atoms with Gasteiger partial charge in [-0.05, 0) is 68.9 Å². The largest absolute Gasteiger partial charge is 0.460 e. The number of carbonyl (C=O) groups is 1. The number of hydrogen-bond donors (Lipinski definition) is 1. The molecule has 0 aliphatic carbocycles. The fraction of sp³-hybridized carbons (Fsp3) is 0.300. The summed E-state index contributed by atoms with van der Waals surface area (Å²) < 4.78 is 18.8. The SMILES string of the molecule is CC(C)(C)OC(=O)CC1c2ccccc2NC(=S)N1c1ccc(F)cc1. The van der Waals surface area contributed by atoms with Crippen LogP contribution < -0.4 is 10.2 Å². The minimum absolute atomic E-state index is 0.132. The van der Waals surface area contributed by atoms with Crippen LogP contribution in [0.4, 0.5) is 15.8 Å². The number of para-hydroxylation sites is 1. The van der Waals surface area contributed by atoms with Crippen LogP contribution >= 0.6 is 12.2 Å². The first-order valence-electron chi connectivity index (χ1n) is 8.41. The molecule has 3 rings (SSSR count). The zero-order chi connectivity index (χ0) is 18.9. The van der Waals surface area contributed by atoms with E-state index in [1.807, 2.05) is 49.9 Å². The maximum absolute atomic E-state index is 13.3. The predicted octanol–water partition coefficient (Wildman–Crippen LogP) is 4.82. The van der Waals surface area contributed by atoms with Crippen molar-refractivity contribution in [3.05, 3.63) is 59.9 Å². The van der Waals surface area contributed by atoms with Crippen LogP contribution in [-0.4, -0.2) is 16.7 Å². The molecule has 2 aromatic rings. The molecule has 1 heterocycles. The third kappa shape index (κ3) is 4.02. The Balaban J connectivity index is 1.99. The van der Waals surface area contributed by atoms with Crippen LogP contribution in [0.15, 0.2) is 48.5 Å². The number of carbonyl (C=O) groups excluding carboxylic acids is 1. The van der Waals surface area contributed by atoms with E-state index in [2.05, 4.69) is 5.32 Å². The Hall–Kier alpha value is -2.47. The third-order valence-corrected chi connectivity index (χ3v) is 4.28. The Labute approximate surface area is 158 Å². The van der Waals surface area contributed by atoms with Crippen molar-refractivity contribution in [2.24, 2.45) is 0 Å². The molecule has 6 heteroatoms. The molecule has 1 aliphatic heterocycles. The van der Waals surface area contributed by atoms with E-state index in [4.69, 9.17) is 17.0 Å². The average Bonchev–Trinajstić information content (AvgIpc) is 2.54. The average molecular weight is 372 g/mol. The van der Waals surface area contributed by atoms with Crippen molar-refractivity contribution < 1.29 is 13.9 Å². The summed E-state index contributed by atoms with van der Waals surface area (Å²) in [4.78, 5) is 14.3. The van der Waals surface area contributed by atoms with Gasteiger partial charge in [0.1, 0.15) is 11.4 Å². The molecule has 0 fully saturated rings. The van der Waals surface area contributed by atoms with Crippen molar-refractivity contribution in [1.29, 1.82) is 0 Å². The molecule has 136 valence electrons. The highest BCUT2D eigenvalue weighted by atomic mass is 32.1. The molecule has 1 unspecified atom stereocenters. The van der Waals surface area contributed by atoms with Crippen molar-refractivity contribution in [2.45, 2.75) is 38.8 Å². The molecule has 0 amide bonds. The quantitative estimate of drug-likeness (QED) is 0.618. The highest BCUT2D eigenvalue weighted by Crippen LogP contribution is 2.38. The maximum atomic E-state index is 13.3. The maximum Gasteiger partial charge on any atom is 0.308 e. The van der Waals surface area contributed by atoms with Crippen LogP contribution in [0.2, 0.25) is 0 Å². The normalized spacial score (nSPS) is 16.7. The zero-order valence-electron chi connectivity index (χ0n) is 15.0. The molecule has 0 spiro atoms. The summed E-state index contributed by atoms with van der Waals surface area (Å²) in [6.07, 6.45) is 0.132. The first kappa shape index (κ1) is 18.3. The fourth-order valence-corrected chi connectivity index (χ4v) is 3.34. The summed E-state index contributed by atoms with van der Waals surface area (Å²) in [5, 5.41) is 3.65. The van der Waals surface area contributed by atoms with Crippen molar-refractivity contribution in [3.8, 4) is 0 Å². The molecular weight excluding hydrogens is 351 g/mol. The van der Waals surface area contributed by atoms with Gasteiger partial charge in [-0.2, -0.15) is 0 Å². The number of fused-ring (bicyclic) bond motifs is 1. The van der Waals surface area contributed by atoms with Gasteiger partial charge in [-0.25, -0.2) is 4.39 Å². The number of nitrogens with one attached hydrogen (secondary N) is 1. The Morgan fingerprint density at radius 2 is 1.85 bits per heavy atom. The van der Waals surface area contributed by atoms with Gasteiger partial charge in [0.2, 0.25) is 0 Å². The lowest BCUT2D eigenvalue weighted by Gasteiger charge is -2.39. The number of ether oxygens (including phenoxy) is 1. The summed E-state index contributed by atoms with van der Waals surface area (Å²) in [6, 6.07) is 13.4. The van der Waals surface area contributed by atoms with Gasteiger partial charge >= 0.3 is 5.97 Å². The Morgan fingerprint density at radius 3 is 2.50 bits per heavy atom. The van der Waals surface area contributed by atoms with Crippen LogP contribution in [0, 0.1) is 5.82 Å². The Morgan fingerprint density at radius 1 is 1.19 bits per heavy atom. The van der Waals surface area contributed by atoms with Crippen LogP contribution in [0.25, 0.3) is 0 Å². The van der Waals surface area contributed by atoms with Crippen molar-refractivity contribution in [3.63, 3.8) is 0 Å². The Kier molecular flexibility index (Phi) is 4.96. The lowest BCUT2D eigenvalue weighted by molar-refractivity contribution is -0.155. The number of rotatable bonds is 3. The Bertz CT molecular complexity index is 830. The summed E-state index contributed by atoms with van der Waals surface area (Å²) >= 11 is 5.53. The van der Waals surface area contributed by atoms with E-state index in [0.717, 1.165) is 11.3 Å². The second-order valence-corrected chi connectivity index (χ2v) is 7.56. The van der Waals surface area contributed by atoms with Crippen LogP contribution in [0.1, 0.15) is 38.8 Å². The third-order valence-electron chi connectivity index (χ3n) is 3.98. The molecule has 0 saturated carbocycles. The van der Waals surface area contributed by atoms with E-state index in [1.54, 1.807) is 12.1 Å². The van der Waals surface area contributed by atoms with E-state index in [-0.39, 0.29) is 24.2 Å². The number of thiocarbonyl (C=S) groups is 1. The second kappa shape index (κ2) is 7.03.